The fourth-order valence-electron chi connectivity index (χ4n) is 4.69. The first-order valence-electron chi connectivity index (χ1n) is 11.2. The first kappa shape index (κ1) is 23.8. The van der Waals surface area contributed by atoms with E-state index in [4.69, 9.17) is 0 Å². The number of rotatable bonds is 4. The Bertz CT molecular complexity index is 1170. The van der Waals surface area contributed by atoms with Crippen LogP contribution >= 0.6 is 0 Å². The molecule has 2 aromatic rings. The van der Waals surface area contributed by atoms with Gasteiger partial charge in [-0.05, 0) is 74.1 Å². The standard InChI is InChI=1S/C24H30F2N4O2S/c1-16-10-18(3)22(11-17(16)2)33(31,32)30-8-4-24(5-9-30)23(27-6-7-29-24)28-15-19-12-20(25)14-21(26)13-19/h10-14,29H,4-9,15H2,1-3H3,(H,27,28). The maximum absolute atomic E-state index is 13.5. The van der Waals surface area contributed by atoms with Crippen molar-refractivity contribution in [1.29, 1.82) is 0 Å². The fraction of sp³-hybridized carbons (Fsp3) is 0.458. The van der Waals surface area contributed by atoms with E-state index in [1.807, 2.05) is 26.8 Å². The lowest BCUT2D eigenvalue weighted by atomic mass is 9.85. The second kappa shape index (κ2) is 9.12. The van der Waals surface area contributed by atoms with Crippen LogP contribution in [0.3, 0.4) is 0 Å². The SMILES string of the molecule is Cc1cc(C)c(S(=O)(=O)N2CCC3(CC2)NCCN=C3NCc2cc(F)cc(F)c2)cc1C. The second-order valence-electron chi connectivity index (χ2n) is 8.98. The Morgan fingerprint density at radius 3 is 2.30 bits per heavy atom. The van der Waals surface area contributed by atoms with Gasteiger partial charge in [0.15, 0.2) is 0 Å². The summed E-state index contributed by atoms with van der Waals surface area (Å²) in [5.74, 6) is -0.520. The predicted octanol–water partition coefficient (Wildman–Crippen LogP) is 3.20. The number of nitrogens with zero attached hydrogens (tertiary/aromatic N) is 2. The first-order chi connectivity index (χ1) is 15.6. The number of benzene rings is 2. The Morgan fingerprint density at radius 1 is 1.00 bits per heavy atom. The molecule has 2 aromatic carbocycles. The van der Waals surface area contributed by atoms with Crippen LogP contribution in [-0.4, -0.2) is 50.3 Å². The van der Waals surface area contributed by atoms with Crippen LogP contribution < -0.4 is 10.6 Å². The molecule has 1 saturated heterocycles. The zero-order valence-electron chi connectivity index (χ0n) is 19.2. The second-order valence-corrected chi connectivity index (χ2v) is 10.9. The molecule has 0 atom stereocenters. The number of nitrogens with one attached hydrogen (secondary N) is 2. The third-order valence-corrected chi connectivity index (χ3v) is 8.71. The van der Waals surface area contributed by atoms with Crippen molar-refractivity contribution in [2.75, 3.05) is 26.2 Å². The summed E-state index contributed by atoms with van der Waals surface area (Å²) in [4.78, 5) is 4.99. The Labute approximate surface area is 194 Å². The minimum Gasteiger partial charge on any atom is -0.368 e. The van der Waals surface area contributed by atoms with Gasteiger partial charge in [-0.15, -0.1) is 0 Å². The van der Waals surface area contributed by atoms with Crippen molar-refractivity contribution >= 4 is 15.9 Å². The van der Waals surface area contributed by atoms with Gasteiger partial charge in [0, 0.05) is 32.2 Å². The van der Waals surface area contributed by atoms with Crippen LogP contribution in [0.15, 0.2) is 40.2 Å². The number of amidine groups is 1. The molecule has 2 N–H and O–H groups in total. The quantitative estimate of drug-likeness (QED) is 0.711. The highest BCUT2D eigenvalue weighted by molar-refractivity contribution is 7.89. The lowest BCUT2D eigenvalue weighted by molar-refractivity contribution is 0.241. The van der Waals surface area contributed by atoms with Gasteiger partial charge >= 0.3 is 0 Å². The van der Waals surface area contributed by atoms with Crippen molar-refractivity contribution < 1.29 is 17.2 Å². The molecule has 0 radical (unpaired) electrons. The zero-order valence-corrected chi connectivity index (χ0v) is 20.0. The van der Waals surface area contributed by atoms with Crippen molar-refractivity contribution in [3.8, 4) is 0 Å². The largest absolute Gasteiger partial charge is 0.368 e. The molecule has 6 nitrogen and oxygen atoms in total. The van der Waals surface area contributed by atoms with Crippen molar-refractivity contribution in [1.82, 2.24) is 14.9 Å². The zero-order chi connectivity index (χ0) is 23.8. The third kappa shape index (κ3) is 4.81. The van der Waals surface area contributed by atoms with E-state index in [-0.39, 0.29) is 6.54 Å². The van der Waals surface area contributed by atoms with Gasteiger partial charge < -0.3 is 10.6 Å². The molecule has 2 aliphatic heterocycles. The van der Waals surface area contributed by atoms with Crippen LogP contribution in [0, 0.1) is 32.4 Å². The van der Waals surface area contributed by atoms with Gasteiger partial charge in [-0.25, -0.2) is 17.2 Å². The minimum atomic E-state index is -3.61. The summed E-state index contributed by atoms with van der Waals surface area (Å²) in [5, 5.41) is 6.77. The van der Waals surface area contributed by atoms with E-state index in [0.29, 0.717) is 49.5 Å². The predicted molar refractivity (Wildman–Crippen MR) is 125 cm³/mol. The molecule has 0 aliphatic carbocycles. The van der Waals surface area contributed by atoms with E-state index in [2.05, 4.69) is 15.6 Å². The molecule has 2 heterocycles. The summed E-state index contributed by atoms with van der Waals surface area (Å²) < 4.78 is 55.4. The fourth-order valence-corrected chi connectivity index (χ4v) is 6.43. The molecule has 4 rings (SSSR count). The molecule has 33 heavy (non-hydrogen) atoms. The monoisotopic (exact) mass is 476 g/mol. The number of sulfonamides is 1. The normalized spacial score (nSPS) is 18.9. The number of piperidine rings is 1. The average Bonchev–Trinajstić information content (AvgIpc) is 2.75. The number of aliphatic imine (C=N–C) groups is 1. The summed E-state index contributed by atoms with van der Waals surface area (Å²) in [6.45, 7) is 7.97. The van der Waals surface area contributed by atoms with Crippen molar-refractivity contribution in [3.63, 3.8) is 0 Å². The van der Waals surface area contributed by atoms with E-state index in [9.17, 15) is 17.2 Å². The van der Waals surface area contributed by atoms with E-state index in [1.165, 1.54) is 12.1 Å². The lowest BCUT2D eigenvalue weighted by Crippen LogP contribution is -2.64. The van der Waals surface area contributed by atoms with E-state index in [1.54, 1.807) is 10.4 Å². The van der Waals surface area contributed by atoms with Gasteiger partial charge in [-0.3, -0.25) is 4.99 Å². The molecule has 178 valence electrons. The first-order valence-corrected chi connectivity index (χ1v) is 12.6. The molecular formula is C24H30F2N4O2S. The number of aryl methyl sites for hydroxylation is 3. The van der Waals surface area contributed by atoms with Crippen LogP contribution in [0.25, 0.3) is 0 Å². The Morgan fingerprint density at radius 2 is 1.64 bits per heavy atom. The number of hydrogen-bond donors (Lipinski definition) is 2. The van der Waals surface area contributed by atoms with E-state index < -0.39 is 27.2 Å². The van der Waals surface area contributed by atoms with E-state index >= 15 is 0 Å². The number of halogens is 2. The molecule has 1 spiro atoms. The molecule has 0 unspecified atom stereocenters. The lowest BCUT2D eigenvalue weighted by Gasteiger charge is -2.44. The van der Waals surface area contributed by atoms with Crippen LogP contribution in [0.5, 0.6) is 0 Å². The summed E-state index contributed by atoms with van der Waals surface area (Å²) in [6.07, 6.45) is 1.11. The average molecular weight is 477 g/mol. The Hall–Kier alpha value is -2.36. The maximum atomic E-state index is 13.5. The van der Waals surface area contributed by atoms with Crippen LogP contribution in [0.4, 0.5) is 8.78 Å². The molecule has 9 heteroatoms. The number of hydrogen-bond acceptors (Lipinski definition) is 5. The molecule has 2 aliphatic rings. The Kier molecular flexibility index (Phi) is 6.57. The highest BCUT2D eigenvalue weighted by atomic mass is 32.2. The molecule has 0 bridgehead atoms. The summed E-state index contributed by atoms with van der Waals surface area (Å²) in [6, 6.07) is 7.11. The third-order valence-electron chi connectivity index (χ3n) is 6.67. The molecule has 0 aromatic heterocycles. The Balaban J connectivity index is 1.49. The highest BCUT2D eigenvalue weighted by Crippen LogP contribution is 2.31. The van der Waals surface area contributed by atoms with Crippen molar-refractivity contribution in [2.24, 2.45) is 4.99 Å². The highest BCUT2D eigenvalue weighted by Gasteiger charge is 2.43. The summed E-state index contributed by atoms with van der Waals surface area (Å²) in [7, 11) is -3.61. The van der Waals surface area contributed by atoms with Gasteiger partial charge in [0.2, 0.25) is 10.0 Å². The molecular weight excluding hydrogens is 446 g/mol. The van der Waals surface area contributed by atoms with Gasteiger partial charge in [0.1, 0.15) is 17.5 Å². The van der Waals surface area contributed by atoms with E-state index in [0.717, 1.165) is 28.6 Å². The van der Waals surface area contributed by atoms with Crippen LogP contribution in [-0.2, 0) is 16.6 Å². The summed E-state index contributed by atoms with van der Waals surface area (Å²) in [5.41, 5.74) is 2.78. The summed E-state index contributed by atoms with van der Waals surface area (Å²) >= 11 is 0. The van der Waals surface area contributed by atoms with Gasteiger partial charge in [-0.1, -0.05) is 6.07 Å². The molecule has 0 saturated carbocycles. The molecule has 0 amide bonds. The van der Waals surface area contributed by atoms with Gasteiger partial charge in [0.05, 0.1) is 17.0 Å². The molecule has 1 fully saturated rings. The van der Waals surface area contributed by atoms with Crippen molar-refractivity contribution in [2.45, 2.75) is 50.6 Å². The van der Waals surface area contributed by atoms with Crippen LogP contribution in [0.1, 0.15) is 35.1 Å². The smallest absolute Gasteiger partial charge is 0.243 e. The van der Waals surface area contributed by atoms with Gasteiger partial charge in [-0.2, -0.15) is 4.31 Å². The van der Waals surface area contributed by atoms with Crippen LogP contribution in [0.2, 0.25) is 0 Å². The topological polar surface area (TPSA) is 73.8 Å². The minimum absolute atomic E-state index is 0.237. The van der Waals surface area contributed by atoms with Crippen molar-refractivity contribution in [3.05, 3.63) is 64.2 Å². The van der Waals surface area contributed by atoms with Gasteiger partial charge in [0.25, 0.3) is 0 Å². The maximum Gasteiger partial charge on any atom is 0.243 e.